The number of nitrogens with zero attached hydrogens (tertiary/aromatic N) is 1. The van der Waals surface area contributed by atoms with Crippen LogP contribution in [0.25, 0.3) is 0 Å². The molecular weight excluding hydrogens is 260 g/mol. The third kappa shape index (κ3) is 2.77. The molecule has 0 heterocycles. The predicted octanol–water partition coefficient (Wildman–Crippen LogP) is 3.91. The van der Waals surface area contributed by atoms with Crippen LogP contribution in [-0.2, 0) is 5.54 Å². The van der Waals surface area contributed by atoms with Crippen molar-refractivity contribution in [2.45, 2.75) is 25.3 Å². The van der Waals surface area contributed by atoms with Crippen molar-refractivity contribution in [3.8, 4) is 0 Å². The van der Waals surface area contributed by atoms with Crippen molar-refractivity contribution in [3.05, 3.63) is 66.2 Å². The summed E-state index contributed by atoms with van der Waals surface area (Å²) in [6.07, 6.45) is 2.02. The van der Waals surface area contributed by atoms with E-state index in [1.165, 1.54) is 5.56 Å². The molecule has 3 nitrogen and oxygen atoms in total. The number of nitrogens with one attached hydrogen (secondary N) is 1. The van der Waals surface area contributed by atoms with Crippen LogP contribution in [0.15, 0.2) is 60.7 Å². The quantitative estimate of drug-likeness (QED) is 0.904. The number of amides is 2. The van der Waals surface area contributed by atoms with Gasteiger partial charge in [-0.05, 0) is 37.5 Å². The highest BCUT2D eigenvalue weighted by molar-refractivity contribution is 5.92. The van der Waals surface area contributed by atoms with Gasteiger partial charge in [-0.3, -0.25) is 4.90 Å². The molecule has 1 aliphatic carbocycles. The van der Waals surface area contributed by atoms with Crippen LogP contribution in [0.5, 0.6) is 0 Å². The molecular formula is C18H20N2O. The van der Waals surface area contributed by atoms with Gasteiger partial charge in [-0.25, -0.2) is 4.79 Å². The van der Waals surface area contributed by atoms with Crippen molar-refractivity contribution in [3.63, 3.8) is 0 Å². The maximum atomic E-state index is 12.6. The van der Waals surface area contributed by atoms with Crippen molar-refractivity contribution in [2.75, 3.05) is 11.4 Å². The number of rotatable bonds is 4. The van der Waals surface area contributed by atoms with E-state index in [1.54, 1.807) is 4.90 Å². The molecule has 0 radical (unpaired) electrons. The summed E-state index contributed by atoms with van der Waals surface area (Å²) < 4.78 is 0. The number of urea groups is 1. The second-order valence-electron chi connectivity index (χ2n) is 5.46. The molecule has 0 spiro atoms. The van der Waals surface area contributed by atoms with E-state index in [0.29, 0.717) is 6.54 Å². The minimum Gasteiger partial charge on any atom is -0.328 e. The Bertz CT molecular complexity index is 606. The fourth-order valence-corrected chi connectivity index (χ4v) is 2.69. The predicted molar refractivity (Wildman–Crippen MR) is 85.3 cm³/mol. The van der Waals surface area contributed by atoms with Gasteiger partial charge in [0.15, 0.2) is 0 Å². The molecule has 0 atom stereocenters. The van der Waals surface area contributed by atoms with Gasteiger partial charge in [0, 0.05) is 12.2 Å². The third-order valence-corrected chi connectivity index (χ3v) is 4.05. The Labute approximate surface area is 125 Å². The van der Waals surface area contributed by atoms with Crippen LogP contribution in [0.4, 0.5) is 10.5 Å². The summed E-state index contributed by atoms with van der Waals surface area (Å²) in [5.41, 5.74) is 1.96. The molecule has 1 aliphatic rings. The summed E-state index contributed by atoms with van der Waals surface area (Å²) in [6, 6.07) is 20.0. The molecule has 3 heteroatoms. The van der Waals surface area contributed by atoms with Crippen molar-refractivity contribution in [2.24, 2.45) is 0 Å². The summed E-state index contributed by atoms with van der Waals surface area (Å²) >= 11 is 0. The second-order valence-corrected chi connectivity index (χ2v) is 5.46. The molecule has 0 saturated heterocycles. The fourth-order valence-electron chi connectivity index (χ4n) is 2.69. The highest BCUT2D eigenvalue weighted by Crippen LogP contribution is 2.45. The fraction of sp³-hybridized carbons (Fsp3) is 0.278. The number of benzene rings is 2. The lowest BCUT2D eigenvalue weighted by atomic mass is 10.1. The Kier molecular flexibility index (Phi) is 3.65. The van der Waals surface area contributed by atoms with E-state index >= 15 is 0 Å². The van der Waals surface area contributed by atoms with E-state index in [2.05, 4.69) is 17.4 Å². The van der Waals surface area contributed by atoms with Crippen molar-refractivity contribution in [1.82, 2.24) is 5.32 Å². The maximum absolute atomic E-state index is 12.6. The number of hydrogen-bond acceptors (Lipinski definition) is 1. The average molecular weight is 280 g/mol. The van der Waals surface area contributed by atoms with Gasteiger partial charge in [-0.1, -0.05) is 48.5 Å². The van der Waals surface area contributed by atoms with Crippen LogP contribution >= 0.6 is 0 Å². The third-order valence-electron chi connectivity index (χ3n) is 4.05. The molecule has 2 amide bonds. The molecule has 1 fully saturated rings. The standard InChI is InChI=1S/C18H20N2O/c1-2-20(16-11-7-4-8-12-16)17(21)19-18(13-14-18)15-9-5-3-6-10-15/h3-12H,2,13-14H2,1H3,(H,19,21). The van der Waals surface area contributed by atoms with Crippen LogP contribution in [0, 0.1) is 0 Å². The summed E-state index contributed by atoms with van der Waals surface area (Å²) in [5.74, 6) is 0. The summed E-state index contributed by atoms with van der Waals surface area (Å²) in [7, 11) is 0. The lowest BCUT2D eigenvalue weighted by Crippen LogP contribution is -2.45. The lowest BCUT2D eigenvalue weighted by molar-refractivity contribution is 0.241. The topological polar surface area (TPSA) is 32.3 Å². The smallest absolute Gasteiger partial charge is 0.322 e. The molecule has 108 valence electrons. The molecule has 2 aromatic carbocycles. The van der Waals surface area contributed by atoms with Crippen LogP contribution in [0.3, 0.4) is 0 Å². The average Bonchev–Trinajstić information content (AvgIpc) is 3.31. The second kappa shape index (κ2) is 5.60. The highest BCUT2D eigenvalue weighted by Gasteiger charge is 2.46. The molecule has 3 rings (SSSR count). The lowest BCUT2D eigenvalue weighted by Gasteiger charge is -2.26. The Balaban J connectivity index is 1.77. The van der Waals surface area contributed by atoms with Crippen LogP contribution in [0.1, 0.15) is 25.3 Å². The Hall–Kier alpha value is -2.29. The first-order chi connectivity index (χ1) is 10.2. The minimum absolute atomic E-state index is 0.0231. The molecule has 21 heavy (non-hydrogen) atoms. The first-order valence-electron chi connectivity index (χ1n) is 7.45. The first kappa shape index (κ1) is 13.7. The molecule has 0 aliphatic heterocycles. The summed E-state index contributed by atoms with van der Waals surface area (Å²) in [6.45, 7) is 2.65. The van der Waals surface area contributed by atoms with Gasteiger partial charge in [0.1, 0.15) is 0 Å². The summed E-state index contributed by atoms with van der Waals surface area (Å²) in [4.78, 5) is 14.4. The Morgan fingerprint density at radius 3 is 2.14 bits per heavy atom. The molecule has 2 aromatic rings. The van der Waals surface area contributed by atoms with Crippen LogP contribution in [-0.4, -0.2) is 12.6 Å². The molecule has 0 unspecified atom stereocenters. The van der Waals surface area contributed by atoms with Gasteiger partial charge in [0.2, 0.25) is 0 Å². The first-order valence-corrected chi connectivity index (χ1v) is 7.45. The zero-order valence-electron chi connectivity index (χ0n) is 12.3. The Morgan fingerprint density at radius 1 is 1.05 bits per heavy atom. The van der Waals surface area contributed by atoms with E-state index in [1.807, 2.05) is 55.5 Å². The zero-order chi connectivity index (χ0) is 14.7. The highest BCUT2D eigenvalue weighted by atomic mass is 16.2. The molecule has 0 aromatic heterocycles. The number of anilines is 1. The van der Waals surface area contributed by atoms with E-state index < -0.39 is 0 Å². The van der Waals surface area contributed by atoms with E-state index in [4.69, 9.17) is 0 Å². The SMILES string of the molecule is CCN(C(=O)NC1(c2ccccc2)CC1)c1ccccc1. The number of carbonyl (C=O) groups is 1. The molecule has 0 bridgehead atoms. The monoisotopic (exact) mass is 280 g/mol. The van der Waals surface area contributed by atoms with Gasteiger partial charge >= 0.3 is 6.03 Å². The maximum Gasteiger partial charge on any atom is 0.322 e. The van der Waals surface area contributed by atoms with E-state index in [9.17, 15) is 4.79 Å². The minimum atomic E-state index is -0.166. The van der Waals surface area contributed by atoms with Gasteiger partial charge in [0.05, 0.1) is 5.54 Å². The van der Waals surface area contributed by atoms with Crippen LogP contribution < -0.4 is 10.2 Å². The molecule has 1 N–H and O–H groups in total. The van der Waals surface area contributed by atoms with Crippen molar-refractivity contribution < 1.29 is 4.79 Å². The Morgan fingerprint density at radius 2 is 1.62 bits per heavy atom. The molecule has 1 saturated carbocycles. The van der Waals surface area contributed by atoms with Gasteiger partial charge in [-0.2, -0.15) is 0 Å². The number of hydrogen-bond donors (Lipinski definition) is 1. The van der Waals surface area contributed by atoms with Crippen LogP contribution in [0.2, 0.25) is 0 Å². The van der Waals surface area contributed by atoms with Gasteiger partial charge in [-0.15, -0.1) is 0 Å². The van der Waals surface area contributed by atoms with Gasteiger partial charge in [0.25, 0.3) is 0 Å². The normalized spacial score (nSPS) is 15.3. The number of para-hydroxylation sites is 1. The van der Waals surface area contributed by atoms with E-state index in [-0.39, 0.29) is 11.6 Å². The van der Waals surface area contributed by atoms with Crippen molar-refractivity contribution >= 4 is 11.7 Å². The van der Waals surface area contributed by atoms with Crippen molar-refractivity contribution in [1.29, 1.82) is 0 Å². The number of carbonyl (C=O) groups excluding carboxylic acids is 1. The van der Waals surface area contributed by atoms with E-state index in [0.717, 1.165) is 18.5 Å². The van der Waals surface area contributed by atoms with Gasteiger partial charge < -0.3 is 5.32 Å². The zero-order valence-corrected chi connectivity index (χ0v) is 12.3. The summed E-state index contributed by atoms with van der Waals surface area (Å²) in [5, 5.41) is 3.22. The largest absolute Gasteiger partial charge is 0.328 e.